The number of likely N-dealkylation sites (N-methyl/N-ethyl adjacent to an activating group) is 1. The van der Waals surface area contributed by atoms with Crippen LogP contribution < -0.4 is 10.2 Å². The summed E-state index contributed by atoms with van der Waals surface area (Å²) in [5, 5.41) is 4.05. The Bertz CT molecular complexity index is 763. The van der Waals surface area contributed by atoms with Crippen LogP contribution in [0.1, 0.15) is 41.9 Å². The monoisotopic (exact) mass is 330 g/mol. The molecule has 0 atom stereocenters. The van der Waals surface area contributed by atoms with E-state index in [1.54, 1.807) is 6.33 Å². The molecule has 1 amide bonds. The zero-order valence-corrected chi connectivity index (χ0v) is 14.7. The number of hydrogen-bond donors (Lipinski definition) is 1. The topological polar surface area (TPSA) is 58.1 Å². The third-order valence-corrected chi connectivity index (χ3v) is 5.17. The molecule has 2 heterocycles. The first-order valence-corrected chi connectivity index (χ1v) is 8.77. The molecule has 0 spiro atoms. The molecular formula is C17H22N4OS. The highest BCUT2D eigenvalue weighted by atomic mass is 32.1. The number of nitrogens with one attached hydrogen (secondary N) is 1. The molecular weight excluding hydrogens is 308 g/mol. The van der Waals surface area contributed by atoms with Gasteiger partial charge in [0.15, 0.2) is 0 Å². The van der Waals surface area contributed by atoms with Crippen molar-refractivity contribution in [3.8, 4) is 0 Å². The molecule has 23 heavy (non-hydrogen) atoms. The van der Waals surface area contributed by atoms with Crippen molar-refractivity contribution in [2.75, 3.05) is 18.0 Å². The van der Waals surface area contributed by atoms with Crippen molar-refractivity contribution < 1.29 is 4.79 Å². The number of hydrogen-bond acceptors (Lipinski definition) is 5. The minimum atomic E-state index is 0.0156. The number of amides is 1. The molecule has 1 aliphatic rings. The van der Waals surface area contributed by atoms with Crippen LogP contribution in [0.3, 0.4) is 0 Å². The van der Waals surface area contributed by atoms with E-state index in [0.717, 1.165) is 58.0 Å². The van der Waals surface area contributed by atoms with Crippen LogP contribution in [0.5, 0.6) is 0 Å². The van der Waals surface area contributed by atoms with Crippen molar-refractivity contribution in [3.05, 3.63) is 28.9 Å². The van der Waals surface area contributed by atoms with Gasteiger partial charge in [-0.3, -0.25) is 4.79 Å². The minimum absolute atomic E-state index is 0.0156. The maximum absolute atomic E-state index is 12.4. The van der Waals surface area contributed by atoms with Crippen LogP contribution in [0.2, 0.25) is 0 Å². The Hall–Kier alpha value is -1.95. The van der Waals surface area contributed by atoms with Crippen molar-refractivity contribution in [2.24, 2.45) is 0 Å². The normalized spacial score (nSPS) is 14.0. The molecule has 0 aliphatic heterocycles. The molecule has 0 unspecified atom stereocenters. The summed E-state index contributed by atoms with van der Waals surface area (Å²) in [4.78, 5) is 25.1. The van der Waals surface area contributed by atoms with Crippen molar-refractivity contribution in [3.63, 3.8) is 0 Å². The molecule has 0 radical (unpaired) electrons. The molecule has 5 nitrogen and oxygen atoms in total. The SMILES string of the molecule is C=C(C)CN(CC)c1ncnc2sc(C(=O)NC3CC3)c(C)c12. The van der Waals surface area contributed by atoms with E-state index in [-0.39, 0.29) is 5.91 Å². The fraction of sp³-hybridized carbons (Fsp3) is 0.471. The Balaban J connectivity index is 2.03. The van der Waals surface area contributed by atoms with Gasteiger partial charge in [0.2, 0.25) is 0 Å². The van der Waals surface area contributed by atoms with Gasteiger partial charge >= 0.3 is 0 Å². The lowest BCUT2D eigenvalue weighted by molar-refractivity contribution is 0.0954. The summed E-state index contributed by atoms with van der Waals surface area (Å²) in [6.07, 6.45) is 3.75. The van der Waals surface area contributed by atoms with E-state index in [2.05, 4.69) is 33.7 Å². The molecule has 2 aromatic rings. The lowest BCUT2D eigenvalue weighted by Gasteiger charge is -2.22. The average Bonchev–Trinajstić information content (AvgIpc) is 3.26. The van der Waals surface area contributed by atoms with Crippen LogP contribution in [-0.4, -0.2) is 35.0 Å². The standard InChI is InChI=1S/C17H22N4OS/c1-5-21(8-10(2)3)15-13-11(4)14(16(22)20-12-6-7-12)23-17(13)19-9-18-15/h9,12H,2,5-8H2,1,3-4H3,(H,20,22). The van der Waals surface area contributed by atoms with E-state index in [1.165, 1.54) is 11.3 Å². The molecule has 2 aromatic heterocycles. The Morgan fingerprint density at radius 3 is 2.83 bits per heavy atom. The molecule has 6 heteroatoms. The molecule has 0 aromatic carbocycles. The first-order valence-electron chi connectivity index (χ1n) is 7.95. The number of aryl methyl sites for hydroxylation is 1. The number of aromatic nitrogens is 2. The molecule has 1 saturated carbocycles. The van der Waals surface area contributed by atoms with Crippen molar-refractivity contribution in [1.82, 2.24) is 15.3 Å². The Morgan fingerprint density at radius 2 is 2.22 bits per heavy atom. The third kappa shape index (κ3) is 3.22. The summed E-state index contributed by atoms with van der Waals surface area (Å²) < 4.78 is 0. The fourth-order valence-corrected chi connectivity index (χ4v) is 3.70. The quantitative estimate of drug-likeness (QED) is 0.826. The molecule has 1 aliphatic carbocycles. The number of carbonyl (C=O) groups excluding carboxylic acids is 1. The second-order valence-electron chi connectivity index (χ2n) is 6.15. The van der Waals surface area contributed by atoms with E-state index in [1.807, 2.05) is 13.8 Å². The summed E-state index contributed by atoms with van der Waals surface area (Å²) >= 11 is 1.45. The van der Waals surface area contributed by atoms with Gasteiger partial charge in [-0.1, -0.05) is 12.2 Å². The number of thiophene rings is 1. The average molecular weight is 330 g/mol. The maximum Gasteiger partial charge on any atom is 0.261 e. The molecule has 0 saturated heterocycles. The zero-order chi connectivity index (χ0) is 16.6. The highest BCUT2D eigenvalue weighted by Gasteiger charge is 2.27. The van der Waals surface area contributed by atoms with Crippen LogP contribution in [0.25, 0.3) is 10.2 Å². The molecule has 0 bridgehead atoms. The summed E-state index contributed by atoms with van der Waals surface area (Å²) in [6, 6.07) is 0.355. The number of rotatable bonds is 6. The fourth-order valence-electron chi connectivity index (χ4n) is 2.65. The Kier molecular flexibility index (Phi) is 4.35. The number of anilines is 1. The molecule has 1 fully saturated rings. The van der Waals surface area contributed by atoms with Gasteiger partial charge in [-0.25, -0.2) is 9.97 Å². The van der Waals surface area contributed by atoms with Gasteiger partial charge in [0.25, 0.3) is 5.91 Å². The lowest BCUT2D eigenvalue weighted by Crippen LogP contribution is -2.26. The van der Waals surface area contributed by atoms with Crippen LogP contribution in [0.15, 0.2) is 18.5 Å². The van der Waals surface area contributed by atoms with Gasteiger partial charge in [0.1, 0.15) is 17.0 Å². The number of fused-ring (bicyclic) bond motifs is 1. The second kappa shape index (κ2) is 6.28. The Labute approximate surface area is 140 Å². The number of nitrogens with zero attached hydrogens (tertiary/aromatic N) is 3. The summed E-state index contributed by atoms with van der Waals surface area (Å²) in [7, 11) is 0. The third-order valence-electron chi connectivity index (χ3n) is 3.97. The first kappa shape index (κ1) is 15.9. The highest BCUT2D eigenvalue weighted by molar-refractivity contribution is 7.20. The van der Waals surface area contributed by atoms with E-state index in [0.29, 0.717) is 6.04 Å². The maximum atomic E-state index is 12.4. The predicted molar refractivity (Wildman–Crippen MR) is 95.3 cm³/mol. The minimum Gasteiger partial charge on any atom is -0.352 e. The van der Waals surface area contributed by atoms with Crippen LogP contribution in [0.4, 0.5) is 5.82 Å². The van der Waals surface area contributed by atoms with Gasteiger partial charge in [-0.05, 0) is 39.2 Å². The highest BCUT2D eigenvalue weighted by Crippen LogP contribution is 2.35. The summed E-state index contributed by atoms with van der Waals surface area (Å²) in [5.74, 6) is 0.904. The van der Waals surface area contributed by atoms with Crippen molar-refractivity contribution in [1.29, 1.82) is 0 Å². The van der Waals surface area contributed by atoms with Gasteiger partial charge < -0.3 is 10.2 Å². The molecule has 3 rings (SSSR count). The zero-order valence-electron chi connectivity index (χ0n) is 13.8. The molecule has 122 valence electrons. The van der Waals surface area contributed by atoms with E-state index in [4.69, 9.17) is 0 Å². The van der Waals surface area contributed by atoms with Gasteiger partial charge in [-0.2, -0.15) is 0 Å². The van der Waals surface area contributed by atoms with Crippen LogP contribution >= 0.6 is 11.3 Å². The lowest BCUT2D eigenvalue weighted by atomic mass is 10.1. The summed E-state index contributed by atoms with van der Waals surface area (Å²) in [6.45, 7) is 11.7. The van der Waals surface area contributed by atoms with Crippen LogP contribution in [-0.2, 0) is 0 Å². The van der Waals surface area contributed by atoms with E-state index in [9.17, 15) is 4.79 Å². The number of carbonyl (C=O) groups is 1. The second-order valence-corrected chi connectivity index (χ2v) is 7.15. The Morgan fingerprint density at radius 1 is 1.48 bits per heavy atom. The van der Waals surface area contributed by atoms with Gasteiger partial charge in [0.05, 0.1) is 10.3 Å². The predicted octanol–water partition coefficient (Wildman–Crippen LogP) is 3.29. The molecule has 1 N–H and O–H groups in total. The largest absolute Gasteiger partial charge is 0.352 e. The summed E-state index contributed by atoms with van der Waals surface area (Å²) in [5.41, 5.74) is 2.05. The van der Waals surface area contributed by atoms with E-state index >= 15 is 0 Å². The first-order chi connectivity index (χ1) is 11.0. The van der Waals surface area contributed by atoms with Crippen molar-refractivity contribution >= 4 is 33.3 Å². The van der Waals surface area contributed by atoms with Gasteiger partial charge in [0, 0.05) is 19.1 Å². The van der Waals surface area contributed by atoms with Gasteiger partial charge in [-0.15, -0.1) is 11.3 Å². The van der Waals surface area contributed by atoms with Crippen molar-refractivity contribution in [2.45, 2.75) is 39.7 Å². The van der Waals surface area contributed by atoms with E-state index < -0.39 is 0 Å². The van der Waals surface area contributed by atoms with Crippen LogP contribution in [0, 0.1) is 6.92 Å². The smallest absolute Gasteiger partial charge is 0.261 e.